The van der Waals surface area contributed by atoms with E-state index in [1.807, 2.05) is 23.1 Å². The first-order valence-electron chi connectivity index (χ1n) is 7.58. The van der Waals surface area contributed by atoms with Gasteiger partial charge in [0.15, 0.2) is 0 Å². The van der Waals surface area contributed by atoms with E-state index in [0.29, 0.717) is 13.0 Å². The Kier molecular flexibility index (Phi) is 4.07. The molecular weight excluding hydrogens is 282 g/mol. The largest absolute Gasteiger partial charge is 0.497 e. The van der Waals surface area contributed by atoms with Crippen LogP contribution in [0.25, 0.3) is 11.0 Å². The fourth-order valence-electron chi connectivity index (χ4n) is 3.01. The molecule has 0 aliphatic carbocycles. The van der Waals surface area contributed by atoms with Crippen LogP contribution in [0, 0.1) is 5.92 Å². The number of rotatable bonds is 4. The van der Waals surface area contributed by atoms with Gasteiger partial charge in [-0.3, -0.25) is 4.79 Å². The number of ether oxygens (including phenoxy) is 1. The van der Waals surface area contributed by atoms with Crippen molar-refractivity contribution in [3.05, 3.63) is 30.0 Å². The van der Waals surface area contributed by atoms with Gasteiger partial charge in [-0.25, -0.2) is 0 Å². The van der Waals surface area contributed by atoms with Gasteiger partial charge in [0, 0.05) is 36.0 Å². The summed E-state index contributed by atoms with van der Waals surface area (Å²) in [6.07, 6.45) is 2.48. The second-order valence-electron chi connectivity index (χ2n) is 5.93. The number of fused-ring (bicyclic) bond motifs is 1. The minimum atomic E-state index is -0.361. The molecule has 5 nitrogen and oxygen atoms in total. The highest BCUT2D eigenvalue weighted by Crippen LogP contribution is 2.27. The molecule has 1 saturated heterocycles. The Hall–Kier alpha value is -2.01. The molecule has 2 atom stereocenters. The summed E-state index contributed by atoms with van der Waals surface area (Å²) in [6, 6.07) is 5.61. The van der Waals surface area contributed by atoms with Crippen molar-refractivity contribution in [1.29, 1.82) is 0 Å². The van der Waals surface area contributed by atoms with E-state index in [-0.39, 0.29) is 17.9 Å². The molecule has 3 rings (SSSR count). The first-order valence-corrected chi connectivity index (χ1v) is 7.58. The third-order valence-corrected chi connectivity index (χ3v) is 4.46. The van der Waals surface area contributed by atoms with Crippen LogP contribution in [0.1, 0.15) is 18.9 Å². The number of likely N-dealkylation sites (tertiary alicyclic amines) is 1. The Bertz CT molecular complexity index is 676. The summed E-state index contributed by atoms with van der Waals surface area (Å²) in [5, 5.41) is 10.6. The fraction of sp³-hybridized carbons (Fsp3) is 0.471. The maximum absolute atomic E-state index is 12.4. The Balaban J connectivity index is 1.72. The number of hydrogen-bond acceptors (Lipinski definition) is 4. The summed E-state index contributed by atoms with van der Waals surface area (Å²) in [5.74, 6) is 1.01. The topological polar surface area (TPSA) is 62.9 Å². The number of hydrogen-bond donors (Lipinski definition) is 1. The van der Waals surface area contributed by atoms with Gasteiger partial charge in [0.05, 0.1) is 25.9 Å². The number of carbonyl (C=O) groups excluding carboxylic acids is 1. The monoisotopic (exact) mass is 303 g/mol. The molecule has 2 unspecified atom stereocenters. The molecule has 22 heavy (non-hydrogen) atoms. The lowest BCUT2D eigenvalue weighted by Gasteiger charge is -2.17. The molecule has 1 aromatic heterocycles. The minimum Gasteiger partial charge on any atom is -0.497 e. The van der Waals surface area contributed by atoms with Gasteiger partial charge >= 0.3 is 0 Å². The highest BCUT2D eigenvalue weighted by molar-refractivity contribution is 5.88. The predicted octanol–water partition coefficient (Wildman–Crippen LogP) is 2.21. The third kappa shape index (κ3) is 2.81. The molecule has 1 aliphatic rings. The summed E-state index contributed by atoms with van der Waals surface area (Å²) in [4.78, 5) is 14.3. The minimum absolute atomic E-state index is 0.0849. The van der Waals surface area contributed by atoms with E-state index < -0.39 is 0 Å². The Morgan fingerprint density at radius 2 is 2.36 bits per heavy atom. The molecule has 0 spiro atoms. The van der Waals surface area contributed by atoms with Gasteiger partial charge < -0.3 is 19.2 Å². The van der Waals surface area contributed by atoms with Crippen LogP contribution in [-0.2, 0) is 11.2 Å². The number of aliphatic hydroxyl groups excluding tert-OH is 1. The molecule has 1 aromatic carbocycles. The number of aliphatic hydroxyl groups is 1. The van der Waals surface area contributed by atoms with Crippen LogP contribution in [0.3, 0.4) is 0 Å². The molecule has 2 aromatic rings. The van der Waals surface area contributed by atoms with Crippen LogP contribution in [0.5, 0.6) is 5.75 Å². The van der Waals surface area contributed by atoms with Crippen LogP contribution in [0.4, 0.5) is 0 Å². The quantitative estimate of drug-likeness (QED) is 0.940. The predicted molar refractivity (Wildman–Crippen MR) is 82.8 cm³/mol. The molecule has 1 amide bonds. The van der Waals surface area contributed by atoms with Crippen LogP contribution in [0.2, 0.25) is 0 Å². The van der Waals surface area contributed by atoms with Crippen LogP contribution >= 0.6 is 0 Å². The fourth-order valence-corrected chi connectivity index (χ4v) is 3.01. The number of furan rings is 1. The van der Waals surface area contributed by atoms with E-state index >= 15 is 0 Å². The van der Waals surface area contributed by atoms with Gasteiger partial charge in [-0.1, -0.05) is 0 Å². The lowest BCUT2D eigenvalue weighted by atomic mass is 10.0. The van der Waals surface area contributed by atoms with Gasteiger partial charge in [0.25, 0.3) is 0 Å². The lowest BCUT2D eigenvalue weighted by Crippen LogP contribution is -2.31. The third-order valence-electron chi connectivity index (χ3n) is 4.46. The molecule has 2 heterocycles. The van der Waals surface area contributed by atoms with E-state index in [4.69, 9.17) is 9.15 Å². The summed E-state index contributed by atoms with van der Waals surface area (Å²) < 4.78 is 10.7. The maximum atomic E-state index is 12.4. The number of amides is 1. The second-order valence-corrected chi connectivity index (χ2v) is 5.93. The van der Waals surface area contributed by atoms with Gasteiger partial charge in [-0.05, 0) is 25.5 Å². The molecule has 1 fully saturated rings. The van der Waals surface area contributed by atoms with Gasteiger partial charge in [-0.2, -0.15) is 0 Å². The highest BCUT2D eigenvalue weighted by Gasteiger charge is 2.29. The van der Waals surface area contributed by atoms with E-state index in [1.165, 1.54) is 0 Å². The SMILES string of the molecule is COc1ccc2c(CC(=O)N3CCC(C(C)O)C3)coc2c1. The Morgan fingerprint density at radius 3 is 3.05 bits per heavy atom. The van der Waals surface area contributed by atoms with Crippen molar-refractivity contribution in [3.63, 3.8) is 0 Å². The molecule has 0 bridgehead atoms. The van der Waals surface area contributed by atoms with Gasteiger partial charge in [0.1, 0.15) is 11.3 Å². The molecule has 1 N–H and O–H groups in total. The van der Waals surface area contributed by atoms with E-state index in [2.05, 4.69) is 0 Å². The van der Waals surface area contributed by atoms with Crippen molar-refractivity contribution in [2.45, 2.75) is 25.9 Å². The number of carbonyl (C=O) groups is 1. The summed E-state index contributed by atoms with van der Waals surface area (Å²) in [6.45, 7) is 3.15. The zero-order valence-electron chi connectivity index (χ0n) is 12.9. The van der Waals surface area contributed by atoms with Crippen molar-refractivity contribution in [2.24, 2.45) is 5.92 Å². The molecule has 5 heteroatoms. The number of nitrogens with zero attached hydrogens (tertiary/aromatic N) is 1. The Morgan fingerprint density at radius 1 is 1.55 bits per heavy atom. The summed E-state index contributed by atoms with van der Waals surface area (Å²) in [5.41, 5.74) is 1.62. The van der Waals surface area contributed by atoms with Crippen LogP contribution < -0.4 is 4.74 Å². The van der Waals surface area contributed by atoms with Crippen molar-refractivity contribution in [1.82, 2.24) is 4.90 Å². The zero-order chi connectivity index (χ0) is 15.7. The molecular formula is C17H21NO4. The smallest absolute Gasteiger partial charge is 0.227 e. The summed E-state index contributed by atoms with van der Waals surface area (Å²) in [7, 11) is 1.61. The number of methoxy groups -OCH3 is 1. The van der Waals surface area contributed by atoms with Gasteiger partial charge in [-0.15, -0.1) is 0 Å². The number of benzene rings is 1. The first kappa shape index (κ1) is 14.9. The maximum Gasteiger partial charge on any atom is 0.227 e. The Labute approximate surface area is 129 Å². The highest BCUT2D eigenvalue weighted by atomic mass is 16.5. The molecule has 118 valence electrons. The van der Waals surface area contributed by atoms with E-state index in [0.717, 1.165) is 35.2 Å². The molecule has 0 radical (unpaired) electrons. The normalized spacial score (nSPS) is 19.6. The standard InChI is InChI=1S/C17H21NO4/c1-11(19)12-5-6-18(9-12)17(20)7-13-10-22-16-8-14(21-2)3-4-15(13)16/h3-4,8,10-12,19H,5-7,9H2,1-2H3. The van der Waals surface area contributed by atoms with Crippen molar-refractivity contribution < 1.29 is 19.1 Å². The first-order chi connectivity index (χ1) is 10.6. The van der Waals surface area contributed by atoms with Crippen molar-refractivity contribution in [3.8, 4) is 5.75 Å². The zero-order valence-corrected chi connectivity index (χ0v) is 12.9. The van der Waals surface area contributed by atoms with E-state index in [9.17, 15) is 9.90 Å². The average molecular weight is 303 g/mol. The van der Waals surface area contributed by atoms with Gasteiger partial charge in [0.2, 0.25) is 5.91 Å². The molecule has 0 saturated carbocycles. The van der Waals surface area contributed by atoms with E-state index in [1.54, 1.807) is 20.3 Å². The van der Waals surface area contributed by atoms with Crippen LogP contribution in [-0.4, -0.2) is 42.2 Å². The molecule has 1 aliphatic heterocycles. The second kappa shape index (κ2) is 6.01. The van der Waals surface area contributed by atoms with Crippen molar-refractivity contribution >= 4 is 16.9 Å². The van der Waals surface area contributed by atoms with Crippen LogP contribution in [0.15, 0.2) is 28.9 Å². The lowest BCUT2D eigenvalue weighted by molar-refractivity contribution is -0.129. The summed E-state index contributed by atoms with van der Waals surface area (Å²) >= 11 is 0. The average Bonchev–Trinajstić information content (AvgIpc) is 3.14. The van der Waals surface area contributed by atoms with Crippen molar-refractivity contribution in [2.75, 3.05) is 20.2 Å².